The van der Waals surface area contributed by atoms with E-state index in [0.29, 0.717) is 78.7 Å². The first-order valence-corrected chi connectivity index (χ1v) is 29.4. The van der Waals surface area contributed by atoms with E-state index in [9.17, 15) is 60.0 Å². The first-order valence-electron chi connectivity index (χ1n) is 29.4. The quantitative estimate of drug-likeness (QED) is 0.0427. The molecule has 0 fully saturated rings. The molecule has 0 saturated heterocycles. The first-order chi connectivity index (χ1) is 41.5. The molecule has 21 heteroatoms. The zero-order valence-corrected chi connectivity index (χ0v) is 53.5. The number of aryl methyl sites for hydroxylation is 4. The van der Waals surface area contributed by atoms with E-state index < -0.39 is 48.3 Å². The van der Waals surface area contributed by atoms with E-state index in [0.717, 1.165) is 100 Å². The third-order valence-electron chi connectivity index (χ3n) is 17.3. The third-order valence-corrected chi connectivity index (χ3v) is 17.3. The topological polar surface area (TPSA) is 356 Å². The number of H-pyrrole nitrogens is 4. The van der Waals surface area contributed by atoms with Crippen molar-refractivity contribution in [2.45, 2.75) is 159 Å². The van der Waals surface area contributed by atoms with E-state index in [4.69, 9.17) is 19.9 Å². The second-order valence-electron chi connectivity index (χ2n) is 23.3. The van der Waals surface area contributed by atoms with Crippen molar-refractivity contribution < 1.29 is 81.7 Å². The molecule has 4 unspecified atom stereocenters. The van der Waals surface area contributed by atoms with E-state index in [1.54, 1.807) is 39.8 Å². The molecule has 0 aromatic carbocycles. The molecular formula is C68H72N8O12Ti. The van der Waals surface area contributed by atoms with Crippen molar-refractivity contribution in [1.29, 1.82) is 0 Å². The Bertz CT molecular complexity index is 4130. The summed E-state index contributed by atoms with van der Waals surface area (Å²) in [5.74, 6) is -4.71. The van der Waals surface area contributed by atoms with Crippen molar-refractivity contribution in [2.24, 2.45) is 0 Å². The van der Waals surface area contributed by atoms with Gasteiger partial charge in [-0.05, 0) is 250 Å². The smallest absolute Gasteiger partial charge is 0.550 e. The SMILES string of the molecule is CC1=C(CCC(=O)[O-])c2cc3nc(cc4[nH]c(cc5[nH]c(cc1n2)c(C)c5C(C)O)c(C)c4C(C)O)C(C)=C3CCC(=O)[O-].CC1=C(CCC(=O)[O-])c2cc3nc(cc4[nH]c(cc5[nH]c(cc1n2)c(C)c5C(C)O)c(C)c4C(C)O)C(C)=C3CCC(=O)[O-].[Ti+4]. The number of carbonyl (C=O) groups is 4. The fourth-order valence-electron chi connectivity index (χ4n) is 12.6. The maximum atomic E-state index is 11.4. The Labute approximate surface area is 528 Å². The maximum absolute atomic E-state index is 11.4. The van der Waals surface area contributed by atoms with Gasteiger partial charge < -0.3 is 80.0 Å². The van der Waals surface area contributed by atoms with Gasteiger partial charge in [0.2, 0.25) is 0 Å². The molecular weight excluding hydrogens is 1170 g/mol. The Morgan fingerprint density at radius 2 is 0.528 bits per heavy atom. The van der Waals surface area contributed by atoms with Crippen LogP contribution < -0.4 is 20.4 Å². The molecule has 4 aliphatic heterocycles. The average Bonchev–Trinajstić information content (AvgIpc) is 1.74. The number of carbonyl (C=O) groups excluding carboxylic acids is 4. The number of aliphatic carboxylic acids is 4. The van der Waals surface area contributed by atoms with Crippen LogP contribution in [-0.2, 0) is 40.9 Å². The number of nitrogens with one attached hydrogen (secondary N) is 4. The minimum absolute atomic E-state index is 0. The van der Waals surface area contributed by atoms with Crippen LogP contribution >= 0.6 is 0 Å². The summed E-state index contributed by atoms with van der Waals surface area (Å²) in [6.45, 7) is 22.0. The average molecular weight is 1240 g/mol. The summed E-state index contributed by atoms with van der Waals surface area (Å²) in [5.41, 5.74) is 22.6. The van der Waals surface area contributed by atoms with Gasteiger partial charge in [0.15, 0.2) is 0 Å². The summed E-state index contributed by atoms with van der Waals surface area (Å²) >= 11 is 0. The Morgan fingerprint density at radius 3 is 0.730 bits per heavy atom. The van der Waals surface area contributed by atoms with Crippen molar-refractivity contribution in [3.05, 3.63) is 139 Å². The van der Waals surface area contributed by atoms with Gasteiger partial charge in [-0.3, -0.25) is 0 Å². The molecule has 20 nitrogen and oxygen atoms in total. The van der Waals surface area contributed by atoms with E-state index in [1.165, 1.54) is 0 Å². The van der Waals surface area contributed by atoms with Crippen LogP contribution in [0.15, 0.2) is 48.5 Å². The van der Waals surface area contributed by atoms with Gasteiger partial charge >= 0.3 is 21.7 Å². The number of rotatable bonds is 16. The van der Waals surface area contributed by atoms with E-state index in [2.05, 4.69) is 19.9 Å². The minimum Gasteiger partial charge on any atom is -0.550 e. The Balaban J connectivity index is 0.000000228. The van der Waals surface area contributed by atoms with Gasteiger partial charge in [0.1, 0.15) is 0 Å². The minimum atomic E-state index is -1.18. The number of fused-ring (bicyclic) bond motifs is 16. The van der Waals surface area contributed by atoms with Gasteiger partial charge in [-0.2, -0.15) is 0 Å². The van der Waals surface area contributed by atoms with Gasteiger partial charge in [0.25, 0.3) is 0 Å². The van der Waals surface area contributed by atoms with Crippen molar-refractivity contribution in [2.75, 3.05) is 0 Å². The molecule has 8 N–H and O–H groups in total. The van der Waals surface area contributed by atoms with Gasteiger partial charge in [0, 0.05) is 90.3 Å². The van der Waals surface area contributed by atoms with Crippen LogP contribution in [0.5, 0.6) is 0 Å². The number of allylic oxidation sites excluding steroid dienone is 8. The van der Waals surface area contributed by atoms with Gasteiger partial charge in [-0.1, -0.05) is 0 Å². The number of hydrogen-bond acceptors (Lipinski definition) is 16. The normalized spacial score (nSPS) is 14.6. The summed E-state index contributed by atoms with van der Waals surface area (Å²) in [4.78, 5) is 79.0. The van der Waals surface area contributed by atoms with Crippen LogP contribution in [0.3, 0.4) is 0 Å². The molecule has 10 heterocycles. The number of aliphatic hydroxyl groups is 4. The summed E-state index contributed by atoms with van der Waals surface area (Å²) in [5, 5.41) is 88.8. The number of nitrogens with zero attached hydrogens (tertiary/aromatic N) is 4. The van der Waals surface area contributed by atoms with Crippen LogP contribution in [0.4, 0.5) is 0 Å². The van der Waals surface area contributed by atoms with Gasteiger partial charge in [-0.15, -0.1) is 0 Å². The summed E-state index contributed by atoms with van der Waals surface area (Å²) < 4.78 is 0. The molecule has 0 saturated carbocycles. The molecule has 4 aliphatic rings. The zero-order chi connectivity index (χ0) is 64.1. The second kappa shape index (κ2) is 26.8. The number of hydrogen-bond donors (Lipinski definition) is 8. The maximum Gasteiger partial charge on any atom is 4.00 e. The fraction of sp³-hybridized carbons (Fsp3) is 0.353. The second-order valence-corrected chi connectivity index (χ2v) is 23.3. The largest absolute Gasteiger partial charge is 4.00 e. The predicted molar refractivity (Wildman–Crippen MR) is 330 cm³/mol. The molecule has 0 aliphatic carbocycles. The third kappa shape index (κ3) is 13.6. The van der Waals surface area contributed by atoms with Crippen LogP contribution in [0.1, 0.15) is 221 Å². The van der Waals surface area contributed by atoms with Crippen molar-refractivity contribution in [3.8, 4) is 0 Å². The number of aliphatic hydroxyl groups excluding tert-OH is 4. The number of carboxylic acid groups (broad SMARTS) is 4. The predicted octanol–water partition coefficient (Wildman–Crippen LogP) is 7.92. The van der Waals surface area contributed by atoms with E-state index in [-0.39, 0.29) is 73.1 Å². The van der Waals surface area contributed by atoms with Crippen LogP contribution in [-0.4, -0.2) is 84.2 Å². The summed E-state index contributed by atoms with van der Waals surface area (Å²) in [6.07, 6.45) is -3.17. The monoisotopic (exact) mass is 1240 g/mol. The molecule has 89 heavy (non-hydrogen) atoms. The number of carboxylic acids is 4. The number of aromatic amines is 4. The number of aromatic nitrogens is 8. The van der Waals surface area contributed by atoms with E-state index >= 15 is 0 Å². The van der Waals surface area contributed by atoms with E-state index in [1.807, 2.05) is 91.8 Å². The summed E-state index contributed by atoms with van der Waals surface area (Å²) in [6, 6.07) is 14.8. The van der Waals surface area contributed by atoms with Crippen LogP contribution in [0, 0.1) is 27.7 Å². The molecule has 0 spiro atoms. The molecule has 4 atom stereocenters. The zero-order valence-electron chi connectivity index (χ0n) is 51.9. The summed E-state index contributed by atoms with van der Waals surface area (Å²) in [7, 11) is 0. The van der Waals surface area contributed by atoms with Gasteiger partial charge in [-0.25, -0.2) is 19.9 Å². The van der Waals surface area contributed by atoms with Crippen LogP contribution in [0.25, 0.3) is 88.7 Å². The molecule has 460 valence electrons. The fourth-order valence-corrected chi connectivity index (χ4v) is 12.6. The molecule has 16 bridgehead atoms. The van der Waals surface area contributed by atoms with Gasteiger partial charge in [0.05, 0.1) is 70.0 Å². The van der Waals surface area contributed by atoms with Crippen LogP contribution in [0.2, 0.25) is 0 Å². The van der Waals surface area contributed by atoms with Crippen molar-refractivity contribution in [3.63, 3.8) is 0 Å². The molecule has 0 radical (unpaired) electrons. The van der Waals surface area contributed by atoms with Crippen molar-refractivity contribution in [1.82, 2.24) is 39.9 Å². The first kappa shape index (κ1) is 66.6. The molecule has 6 aromatic rings. The molecule has 6 aromatic heterocycles. The molecule has 10 rings (SSSR count). The van der Waals surface area contributed by atoms with Crippen molar-refractivity contribution >= 4 is 113 Å². The Kier molecular flexibility index (Phi) is 20.0. The Morgan fingerprint density at radius 1 is 0.337 bits per heavy atom. The molecule has 0 amide bonds. The Hall–Kier alpha value is -8.37. The standard InChI is InChI=1S/2C34H38N4O6.Ti/c2*1-15-21(7-9-31(41)42)27-14-28-22(8-10-32(43)44)16(2)24(36-28)12-29-34(20(6)40)18(4)26(38-29)13-30-33(19(5)39)17(3)25(37-30)11-23(15)35-27;/h2*11-14,19-20,37-40H,7-10H2,1-6H3,(H,41,42)(H,43,44);/q;;+4/p-4.